The van der Waals surface area contributed by atoms with Gasteiger partial charge in [0.1, 0.15) is 0 Å². The molecule has 3 nitrogen and oxygen atoms in total. The van der Waals surface area contributed by atoms with E-state index in [0.717, 1.165) is 12.8 Å². The second-order valence-corrected chi connectivity index (χ2v) is 5.82. The van der Waals surface area contributed by atoms with Crippen molar-refractivity contribution in [1.29, 1.82) is 0 Å². The summed E-state index contributed by atoms with van der Waals surface area (Å²) < 4.78 is 25.2. The lowest BCUT2D eigenvalue weighted by Gasteiger charge is -2.07. The normalized spacial score (nSPS) is 18.6. The van der Waals surface area contributed by atoms with Gasteiger partial charge in [0.05, 0.1) is 5.75 Å². The molecule has 12 heavy (non-hydrogen) atoms. The highest BCUT2D eigenvalue weighted by atomic mass is 32.2. The SMILES string of the molecule is CC(C)CNS(=O)(=O)CC1CC1. The van der Waals surface area contributed by atoms with Crippen LogP contribution in [-0.2, 0) is 10.0 Å². The molecule has 0 atom stereocenters. The summed E-state index contributed by atoms with van der Waals surface area (Å²) in [5, 5.41) is 0. The van der Waals surface area contributed by atoms with Gasteiger partial charge in [-0.2, -0.15) is 0 Å². The molecule has 0 bridgehead atoms. The predicted molar refractivity (Wildman–Crippen MR) is 49.4 cm³/mol. The molecule has 1 N–H and O–H groups in total. The maximum Gasteiger partial charge on any atom is 0.211 e. The Hall–Kier alpha value is -0.0900. The van der Waals surface area contributed by atoms with E-state index in [-0.39, 0.29) is 0 Å². The summed E-state index contributed by atoms with van der Waals surface area (Å²) >= 11 is 0. The molecule has 0 aromatic rings. The number of hydrogen-bond donors (Lipinski definition) is 1. The molecule has 1 aliphatic rings. The van der Waals surface area contributed by atoms with E-state index in [1.54, 1.807) is 0 Å². The van der Waals surface area contributed by atoms with Crippen LogP contribution >= 0.6 is 0 Å². The summed E-state index contributed by atoms with van der Waals surface area (Å²) in [7, 11) is -2.96. The topological polar surface area (TPSA) is 46.2 Å². The molecule has 0 aliphatic heterocycles. The molecule has 0 unspecified atom stereocenters. The van der Waals surface area contributed by atoms with E-state index in [0.29, 0.717) is 24.1 Å². The first-order valence-corrected chi connectivity index (χ1v) is 6.12. The Kier molecular flexibility index (Phi) is 3.12. The van der Waals surface area contributed by atoms with Crippen LogP contribution < -0.4 is 4.72 Å². The zero-order chi connectivity index (χ0) is 9.19. The van der Waals surface area contributed by atoms with E-state index in [2.05, 4.69) is 4.72 Å². The Morgan fingerprint density at radius 1 is 1.42 bits per heavy atom. The molecule has 0 heterocycles. The number of sulfonamides is 1. The molecule has 0 aromatic heterocycles. The van der Waals surface area contributed by atoms with Gasteiger partial charge in [-0.25, -0.2) is 13.1 Å². The molecule has 0 radical (unpaired) electrons. The van der Waals surface area contributed by atoms with Crippen molar-refractivity contribution in [2.75, 3.05) is 12.3 Å². The van der Waals surface area contributed by atoms with Gasteiger partial charge in [-0.3, -0.25) is 0 Å². The van der Waals surface area contributed by atoms with Crippen LogP contribution in [0.4, 0.5) is 0 Å². The van der Waals surface area contributed by atoms with Gasteiger partial charge in [-0.05, 0) is 24.7 Å². The second-order valence-electron chi connectivity index (χ2n) is 3.97. The average molecular weight is 191 g/mol. The Labute approximate surface area is 74.6 Å². The summed E-state index contributed by atoms with van der Waals surface area (Å²) in [6, 6.07) is 0. The minimum Gasteiger partial charge on any atom is -0.215 e. The largest absolute Gasteiger partial charge is 0.215 e. The van der Waals surface area contributed by atoms with Crippen molar-refractivity contribution in [3.05, 3.63) is 0 Å². The van der Waals surface area contributed by atoms with Crippen LogP contribution in [0.5, 0.6) is 0 Å². The molecule has 1 fully saturated rings. The molecule has 1 saturated carbocycles. The van der Waals surface area contributed by atoms with Gasteiger partial charge in [0.15, 0.2) is 0 Å². The molecule has 72 valence electrons. The molecule has 0 amide bonds. The predicted octanol–water partition coefficient (Wildman–Crippen LogP) is 0.972. The van der Waals surface area contributed by atoms with Gasteiger partial charge < -0.3 is 0 Å². The van der Waals surface area contributed by atoms with Crippen molar-refractivity contribution < 1.29 is 8.42 Å². The van der Waals surface area contributed by atoms with Crippen LogP contribution in [0.15, 0.2) is 0 Å². The minimum atomic E-state index is -2.96. The number of rotatable bonds is 5. The van der Waals surface area contributed by atoms with E-state index in [1.807, 2.05) is 13.8 Å². The average Bonchev–Trinajstić information content (AvgIpc) is 2.67. The highest BCUT2D eigenvalue weighted by Crippen LogP contribution is 2.29. The summed E-state index contributed by atoms with van der Waals surface area (Å²) in [6.07, 6.45) is 2.17. The highest BCUT2D eigenvalue weighted by molar-refractivity contribution is 7.89. The molecule has 1 rings (SSSR count). The maximum absolute atomic E-state index is 11.3. The third-order valence-corrected chi connectivity index (χ3v) is 3.38. The molecule has 0 aromatic carbocycles. The van der Waals surface area contributed by atoms with Crippen LogP contribution in [0.2, 0.25) is 0 Å². The lowest BCUT2D eigenvalue weighted by molar-refractivity contribution is 0.557. The zero-order valence-electron chi connectivity index (χ0n) is 7.71. The van der Waals surface area contributed by atoms with Crippen LogP contribution in [0.25, 0.3) is 0 Å². The van der Waals surface area contributed by atoms with Crippen molar-refractivity contribution in [2.24, 2.45) is 11.8 Å². The Balaban J connectivity index is 2.27. The lowest BCUT2D eigenvalue weighted by atomic mass is 10.2. The summed E-state index contributed by atoms with van der Waals surface area (Å²) in [5.41, 5.74) is 0. The van der Waals surface area contributed by atoms with Gasteiger partial charge in [0, 0.05) is 6.54 Å². The Morgan fingerprint density at radius 2 is 2.00 bits per heavy atom. The van der Waals surface area contributed by atoms with Gasteiger partial charge in [0.2, 0.25) is 10.0 Å². The Morgan fingerprint density at radius 3 is 2.42 bits per heavy atom. The molecule has 0 spiro atoms. The third kappa shape index (κ3) is 4.07. The summed E-state index contributed by atoms with van der Waals surface area (Å²) in [6.45, 7) is 4.56. The molecule has 4 heteroatoms. The maximum atomic E-state index is 11.3. The van der Waals surface area contributed by atoms with E-state index in [9.17, 15) is 8.42 Å². The smallest absolute Gasteiger partial charge is 0.211 e. The van der Waals surface area contributed by atoms with Crippen LogP contribution in [0, 0.1) is 11.8 Å². The lowest BCUT2D eigenvalue weighted by Crippen LogP contribution is -2.30. The first-order chi connectivity index (χ1) is 5.49. The van der Waals surface area contributed by atoms with Crippen molar-refractivity contribution >= 4 is 10.0 Å². The fourth-order valence-electron chi connectivity index (χ4n) is 0.947. The fraction of sp³-hybridized carbons (Fsp3) is 1.00. The van der Waals surface area contributed by atoms with Crippen molar-refractivity contribution in [3.8, 4) is 0 Å². The van der Waals surface area contributed by atoms with Gasteiger partial charge in [-0.15, -0.1) is 0 Å². The van der Waals surface area contributed by atoms with Gasteiger partial charge >= 0.3 is 0 Å². The van der Waals surface area contributed by atoms with Gasteiger partial charge in [-0.1, -0.05) is 13.8 Å². The van der Waals surface area contributed by atoms with Crippen LogP contribution in [0.3, 0.4) is 0 Å². The first-order valence-electron chi connectivity index (χ1n) is 4.47. The third-order valence-electron chi connectivity index (χ3n) is 1.86. The zero-order valence-corrected chi connectivity index (χ0v) is 8.52. The van der Waals surface area contributed by atoms with Crippen molar-refractivity contribution in [1.82, 2.24) is 4.72 Å². The van der Waals surface area contributed by atoms with E-state index >= 15 is 0 Å². The van der Waals surface area contributed by atoms with Crippen LogP contribution in [0.1, 0.15) is 26.7 Å². The van der Waals surface area contributed by atoms with E-state index < -0.39 is 10.0 Å². The number of hydrogen-bond acceptors (Lipinski definition) is 2. The molecular formula is C8H17NO2S. The van der Waals surface area contributed by atoms with Crippen molar-refractivity contribution in [3.63, 3.8) is 0 Å². The minimum absolute atomic E-state index is 0.333. The number of nitrogens with one attached hydrogen (secondary N) is 1. The first kappa shape index (κ1) is 9.99. The van der Waals surface area contributed by atoms with Gasteiger partial charge in [0.25, 0.3) is 0 Å². The molecule has 1 aliphatic carbocycles. The second kappa shape index (κ2) is 3.75. The standard InChI is InChI=1S/C8H17NO2S/c1-7(2)5-9-12(10,11)6-8-3-4-8/h7-9H,3-6H2,1-2H3. The fourth-order valence-corrected chi connectivity index (χ4v) is 2.61. The van der Waals surface area contributed by atoms with Crippen molar-refractivity contribution in [2.45, 2.75) is 26.7 Å². The summed E-state index contributed by atoms with van der Waals surface area (Å²) in [4.78, 5) is 0. The monoisotopic (exact) mass is 191 g/mol. The highest BCUT2D eigenvalue weighted by Gasteiger charge is 2.27. The quantitative estimate of drug-likeness (QED) is 0.704. The van der Waals surface area contributed by atoms with E-state index in [1.165, 1.54) is 0 Å². The van der Waals surface area contributed by atoms with Crippen LogP contribution in [-0.4, -0.2) is 20.7 Å². The molecular weight excluding hydrogens is 174 g/mol. The summed E-state index contributed by atoms with van der Waals surface area (Å²) in [5.74, 6) is 1.16. The Bertz CT molecular complexity index is 229. The van der Waals surface area contributed by atoms with E-state index in [4.69, 9.17) is 0 Å². The molecule has 0 saturated heterocycles.